The number of rotatable bonds is 7. The molecule has 0 spiro atoms. The molecule has 1 aromatic heterocycles. The Morgan fingerprint density at radius 2 is 1.83 bits per heavy atom. The number of nitrogens with one attached hydrogen (secondary N) is 2. The molecule has 5 heterocycles. The van der Waals surface area contributed by atoms with Crippen LogP contribution in [0.3, 0.4) is 0 Å². The summed E-state index contributed by atoms with van der Waals surface area (Å²) in [6.45, 7) is 5.56. The molecule has 1 aromatic carbocycles. The van der Waals surface area contributed by atoms with Crippen molar-refractivity contribution in [3.63, 3.8) is 0 Å². The van der Waals surface area contributed by atoms with Crippen molar-refractivity contribution in [2.45, 2.75) is 57.2 Å². The maximum absolute atomic E-state index is 13.2. The first kappa shape index (κ1) is 24.9. The Balaban J connectivity index is 1.37. The molecule has 8 nitrogen and oxygen atoms in total. The molecule has 4 aliphatic rings. The molecule has 194 valence electrons. The summed E-state index contributed by atoms with van der Waals surface area (Å²) in [5, 5.41) is 6.40. The van der Waals surface area contributed by atoms with Crippen LogP contribution in [-0.2, 0) is 33.4 Å². The number of hydrogen-bond acceptors (Lipinski definition) is 7. The van der Waals surface area contributed by atoms with Gasteiger partial charge in [0.2, 0.25) is 5.91 Å². The van der Waals surface area contributed by atoms with Crippen molar-refractivity contribution in [2.75, 3.05) is 38.2 Å². The SMILES string of the molecule is Cc1nc(CC(=O)NC23CCN(CC2)CC3)c(C2OCCO2)c(NCc2cccc(C(F)(F)F)c2)n1. The number of carbonyl (C=O) groups excluding carboxylic acids is 1. The van der Waals surface area contributed by atoms with Crippen LogP contribution in [0.2, 0.25) is 0 Å². The summed E-state index contributed by atoms with van der Waals surface area (Å²) >= 11 is 0. The molecule has 2 bridgehead atoms. The van der Waals surface area contributed by atoms with E-state index in [0.717, 1.165) is 51.0 Å². The molecule has 0 unspecified atom stereocenters. The topological polar surface area (TPSA) is 88.6 Å². The third kappa shape index (κ3) is 5.47. The van der Waals surface area contributed by atoms with Crippen LogP contribution in [0.5, 0.6) is 0 Å². The fourth-order valence-corrected chi connectivity index (χ4v) is 5.23. The first-order chi connectivity index (χ1) is 17.2. The van der Waals surface area contributed by atoms with Crippen LogP contribution in [0.4, 0.5) is 19.0 Å². The van der Waals surface area contributed by atoms with Gasteiger partial charge in [-0.25, -0.2) is 9.97 Å². The fraction of sp³-hybridized carbons (Fsp3) is 0.560. The number of nitrogens with zero attached hydrogens (tertiary/aromatic N) is 3. The van der Waals surface area contributed by atoms with E-state index in [0.29, 0.717) is 41.7 Å². The largest absolute Gasteiger partial charge is 0.416 e. The fourth-order valence-electron chi connectivity index (χ4n) is 5.23. The molecule has 4 aliphatic heterocycles. The molecule has 6 rings (SSSR count). The predicted octanol–water partition coefficient (Wildman–Crippen LogP) is 3.36. The number of hydrogen-bond donors (Lipinski definition) is 2. The van der Waals surface area contributed by atoms with Crippen molar-refractivity contribution in [2.24, 2.45) is 0 Å². The van der Waals surface area contributed by atoms with E-state index < -0.39 is 18.0 Å². The number of carbonyl (C=O) groups is 1. The third-order valence-electron chi connectivity index (χ3n) is 7.16. The molecule has 0 saturated carbocycles. The molecular formula is C25H30F3N5O3. The second kappa shape index (κ2) is 9.95. The van der Waals surface area contributed by atoms with Crippen LogP contribution < -0.4 is 10.6 Å². The van der Waals surface area contributed by atoms with Gasteiger partial charge in [-0.1, -0.05) is 12.1 Å². The van der Waals surface area contributed by atoms with E-state index in [9.17, 15) is 18.0 Å². The van der Waals surface area contributed by atoms with E-state index in [2.05, 4.69) is 25.5 Å². The van der Waals surface area contributed by atoms with Gasteiger partial charge in [0, 0.05) is 31.7 Å². The minimum atomic E-state index is -4.42. The van der Waals surface area contributed by atoms with Crippen molar-refractivity contribution in [3.8, 4) is 0 Å². The number of ether oxygens (including phenoxy) is 2. The lowest BCUT2D eigenvalue weighted by Gasteiger charge is -2.48. The molecule has 4 saturated heterocycles. The third-order valence-corrected chi connectivity index (χ3v) is 7.16. The zero-order valence-electron chi connectivity index (χ0n) is 20.2. The summed E-state index contributed by atoms with van der Waals surface area (Å²) in [5.74, 6) is 0.709. The van der Waals surface area contributed by atoms with Crippen molar-refractivity contribution in [1.82, 2.24) is 20.2 Å². The van der Waals surface area contributed by atoms with E-state index in [1.54, 1.807) is 13.0 Å². The Morgan fingerprint density at radius 3 is 2.50 bits per heavy atom. The summed E-state index contributed by atoms with van der Waals surface area (Å²) in [7, 11) is 0. The van der Waals surface area contributed by atoms with E-state index in [1.165, 1.54) is 6.07 Å². The number of anilines is 1. The van der Waals surface area contributed by atoms with Crippen molar-refractivity contribution >= 4 is 11.7 Å². The van der Waals surface area contributed by atoms with Crippen LogP contribution in [0.1, 0.15) is 53.8 Å². The molecule has 0 atom stereocenters. The Hall–Kier alpha value is -2.76. The van der Waals surface area contributed by atoms with Gasteiger partial charge in [-0.05, 0) is 43.9 Å². The van der Waals surface area contributed by atoms with Crippen LogP contribution >= 0.6 is 0 Å². The smallest absolute Gasteiger partial charge is 0.365 e. The number of alkyl halides is 3. The minimum Gasteiger partial charge on any atom is -0.365 e. The average Bonchev–Trinajstić information content (AvgIpc) is 3.37. The lowest BCUT2D eigenvalue weighted by atomic mass is 9.80. The zero-order valence-corrected chi connectivity index (χ0v) is 20.2. The molecule has 0 radical (unpaired) electrons. The minimum absolute atomic E-state index is 0.0333. The number of fused-ring (bicyclic) bond motifs is 3. The van der Waals surface area contributed by atoms with Crippen molar-refractivity contribution in [3.05, 3.63) is 52.5 Å². The van der Waals surface area contributed by atoms with Gasteiger partial charge in [0.1, 0.15) is 11.6 Å². The monoisotopic (exact) mass is 505 g/mol. The molecule has 36 heavy (non-hydrogen) atoms. The van der Waals surface area contributed by atoms with Gasteiger partial charge in [-0.15, -0.1) is 0 Å². The zero-order chi connectivity index (χ0) is 25.3. The van der Waals surface area contributed by atoms with Crippen LogP contribution in [0.25, 0.3) is 0 Å². The molecule has 1 amide bonds. The van der Waals surface area contributed by atoms with E-state index in [-0.39, 0.29) is 24.4 Å². The van der Waals surface area contributed by atoms with Gasteiger partial charge >= 0.3 is 6.18 Å². The normalized spacial score (nSPS) is 24.2. The molecular weight excluding hydrogens is 475 g/mol. The predicted molar refractivity (Wildman–Crippen MR) is 125 cm³/mol. The van der Waals surface area contributed by atoms with Crippen LogP contribution in [0.15, 0.2) is 24.3 Å². The molecule has 2 aromatic rings. The lowest BCUT2D eigenvalue weighted by Crippen LogP contribution is -2.61. The molecule has 11 heteroatoms. The van der Waals surface area contributed by atoms with Crippen molar-refractivity contribution in [1.29, 1.82) is 0 Å². The number of halogens is 3. The van der Waals surface area contributed by atoms with Gasteiger partial charge in [-0.3, -0.25) is 4.79 Å². The van der Waals surface area contributed by atoms with E-state index >= 15 is 0 Å². The first-order valence-corrected chi connectivity index (χ1v) is 12.2. The standard InChI is InChI=1S/C25H30F3N5O3/c1-16-30-19(14-20(34)32-24-5-8-33(9-6-24)10-7-24)21(23-35-11-12-36-23)22(31-16)29-15-17-3-2-4-18(13-17)25(26,27)28/h2-4,13,23H,5-12,14-15H2,1H3,(H,32,34)(H,29,30,31). The summed E-state index contributed by atoms with van der Waals surface area (Å²) in [6, 6.07) is 5.13. The number of amides is 1. The van der Waals surface area contributed by atoms with E-state index in [4.69, 9.17) is 9.47 Å². The van der Waals surface area contributed by atoms with Gasteiger partial charge < -0.3 is 25.0 Å². The average molecular weight is 506 g/mol. The Bertz CT molecular complexity index is 1100. The highest BCUT2D eigenvalue weighted by molar-refractivity contribution is 5.80. The van der Waals surface area contributed by atoms with Gasteiger partial charge in [0.05, 0.1) is 36.5 Å². The second-order valence-corrected chi connectivity index (χ2v) is 9.70. The quantitative estimate of drug-likeness (QED) is 0.597. The Kier molecular flexibility index (Phi) is 6.88. The lowest BCUT2D eigenvalue weighted by molar-refractivity contribution is -0.137. The highest BCUT2D eigenvalue weighted by Crippen LogP contribution is 2.34. The second-order valence-electron chi connectivity index (χ2n) is 9.70. The van der Waals surface area contributed by atoms with Gasteiger partial charge in [0.15, 0.2) is 6.29 Å². The highest BCUT2D eigenvalue weighted by atomic mass is 19.4. The van der Waals surface area contributed by atoms with Crippen LogP contribution in [0, 0.1) is 6.92 Å². The number of benzene rings is 1. The number of aromatic nitrogens is 2. The number of piperidine rings is 3. The highest BCUT2D eigenvalue weighted by Gasteiger charge is 2.40. The van der Waals surface area contributed by atoms with Gasteiger partial charge in [-0.2, -0.15) is 13.2 Å². The summed E-state index contributed by atoms with van der Waals surface area (Å²) < 4.78 is 50.9. The summed E-state index contributed by atoms with van der Waals surface area (Å²) in [6.07, 6.45) is -2.33. The summed E-state index contributed by atoms with van der Waals surface area (Å²) in [5.41, 5.74) is 0.564. The maximum Gasteiger partial charge on any atom is 0.416 e. The Morgan fingerprint density at radius 1 is 1.14 bits per heavy atom. The first-order valence-electron chi connectivity index (χ1n) is 12.2. The molecule has 0 aliphatic carbocycles. The maximum atomic E-state index is 13.2. The number of aryl methyl sites for hydroxylation is 1. The van der Waals surface area contributed by atoms with Gasteiger partial charge in [0.25, 0.3) is 0 Å². The molecule has 2 N–H and O–H groups in total. The van der Waals surface area contributed by atoms with E-state index in [1.807, 2.05) is 0 Å². The Labute approximate surface area is 207 Å². The molecule has 4 fully saturated rings. The van der Waals surface area contributed by atoms with Crippen LogP contribution in [-0.4, -0.2) is 59.2 Å². The van der Waals surface area contributed by atoms with Crippen molar-refractivity contribution < 1.29 is 27.4 Å². The summed E-state index contributed by atoms with van der Waals surface area (Å²) in [4.78, 5) is 24.6.